The van der Waals surface area contributed by atoms with E-state index in [1.54, 1.807) is 0 Å². The molecule has 5 saturated heterocycles. The molecule has 4 N–H and O–H groups in total. The number of carboxylic acid groups (broad SMARTS) is 1. The number of carboxylic acids is 1. The molecule has 11 heteroatoms. The molecule has 31 heavy (non-hydrogen) atoms. The highest BCUT2D eigenvalue weighted by molar-refractivity contribution is 5.73. The van der Waals surface area contributed by atoms with Crippen molar-refractivity contribution in [3.05, 3.63) is 0 Å². The van der Waals surface area contributed by atoms with Gasteiger partial charge in [0.05, 0.1) is 0 Å². The van der Waals surface area contributed by atoms with E-state index in [9.17, 15) is 25.2 Å². The second-order valence-corrected chi connectivity index (χ2v) is 9.51. The monoisotopic (exact) mass is 446 g/mol. The van der Waals surface area contributed by atoms with Crippen LogP contribution in [-0.2, 0) is 33.5 Å². The molecule has 6 rings (SSSR count). The minimum atomic E-state index is -1.78. The smallest absolute Gasteiger partial charge is 0.335 e. The molecule has 11 nitrogen and oxygen atoms in total. The largest absolute Gasteiger partial charge is 0.479 e. The van der Waals surface area contributed by atoms with Gasteiger partial charge in [0.15, 0.2) is 36.9 Å². The van der Waals surface area contributed by atoms with E-state index in [-0.39, 0.29) is 17.8 Å². The lowest BCUT2D eigenvalue weighted by molar-refractivity contribution is -0.554. The predicted molar refractivity (Wildman–Crippen MR) is 97.6 cm³/mol. The fourth-order valence-electron chi connectivity index (χ4n) is 6.15. The first-order chi connectivity index (χ1) is 14.7. The van der Waals surface area contributed by atoms with Crippen LogP contribution in [0.3, 0.4) is 0 Å². The van der Waals surface area contributed by atoms with Gasteiger partial charge in [0.2, 0.25) is 0 Å². The average molecular weight is 446 g/mol. The molecule has 2 bridgehead atoms. The highest BCUT2D eigenvalue weighted by Gasteiger charge is 2.68. The summed E-state index contributed by atoms with van der Waals surface area (Å²) in [6, 6.07) is 0. The number of rotatable bonds is 3. The Hall–Kier alpha value is -0.890. The van der Waals surface area contributed by atoms with Gasteiger partial charge >= 0.3 is 5.97 Å². The van der Waals surface area contributed by atoms with Crippen LogP contribution in [0.4, 0.5) is 0 Å². The van der Waals surface area contributed by atoms with Crippen molar-refractivity contribution in [1.29, 1.82) is 0 Å². The molecule has 6 aliphatic rings. The van der Waals surface area contributed by atoms with Gasteiger partial charge in [-0.25, -0.2) is 14.6 Å². The van der Waals surface area contributed by atoms with E-state index >= 15 is 0 Å². The summed E-state index contributed by atoms with van der Waals surface area (Å²) in [4.78, 5) is 22.9. The minimum absolute atomic E-state index is 0.0250. The number of fused-ring (bicyclic) bond motifs is 2. The van der Waals surface area contributed by atoms with Gasteiger partial charge in [-0.2, -0.15) is 0 Å². The normalized spacial score (nSPS) is 56.5. The number of carbonyl (C=O) groups is 1. The van der Waals surface area contributed by atoms with Crippen LogP contribution >= 0.6 is 0 Å². The quantitative estimate of drug-likeness (QED) is 0.423. The SMILES string of the molecule is C[C@H]1[C@@H](O[C@@H]2O[C@H](C(=O)O)C(O)[C@H](O)C2O)O[C@@H]2O[C@H]3CC[C@H]4[C@H](C)CC[C@@H]1[C@@]24OO3. The van der Waals surface area contributed by atoms with Gasteiger partial charge in [-0.15, -0.1) is 0 Å². The van der Waals surface area contributed by atoms with Crippen molar-refractivity contribution in [3.63, 3.8) is 0 Å². The topological polar surface area (TPSA) is 153 Å². The first-order valence-electron chi connectivity index (χ1n) is 11.0. The number of aliphatic carboxylic acids is 1. The highest BCUT2D eigenvalue weighted by Crippen LogP contribution is 2.59. The molecule has 5 aliphatic heterocycles. The first-order valence-corrected chi connectivity index (χ1v) is 11.0. The average Bonchev–Trinajstić information content (AvgIpc) is 3.02. The molecule has 0 radical (unpaired) electrons. The fraction of sp³-hybridized carbons (Fsp3) is 0.950. The summed E-state index contributed by atoms with van der Waals surface area (Å²) in [5.41, 5.74) is -0.769. The van der Waals surface area contributed by atoms with E-state index in [1.807, 2.05) is 6.92 Å². The Morgan fingerprint density at radius 3 is 2.39 bits per heavy atom. The Morgan fingerprint density at radius 2 is 1.65 bits per heavy atom. The first kappa shape index (κ1) is 21.9. The lowest BCUT2D eigenvalue weighted by atomic mass is 9.58. The number of aliphatic hydroxyl groups is 3. The molecule has 0 aromatic rings. The number of aliphatic hydroxyl groups excluding tert-OH is 3. The second kappa shape index (κ2) is 7.86. The molecule has 176 valence electrons. The van der Waals surface area contributed by atoms with E-state index in [0.717, 1.165) is 19.3 Å². The van der Waals surface area contributed by atoms with Crippen LogP contribution in [0, 0.1) is 23.7 Å². The third-order valence-corrected chi connectivity index (χ3v) is 7.84. The molecule has 0 aromatic heterocycles. The van der Waals surface area contributed by atoms with E-state index in [1.165, 1.54) is 0 Å². The molecule has 6 fully saturated rings. The van der Waals surface area contributed by atoms with E-state index in [4.69, 9.17) is 28.7 Å². The summed E-state index contributed by atoms with van der Waals surface area (Å²) < 4.78 is 23.4. The Balaban J connectivity index is 1.39. The highest BCUT2D eigenvalue weighted by atomic mass is 17.2. The van der Waals surface area contributed by atoms with Crippen molar-refractivity contribution >= 4 is 5.97 Å². The van der Waals surface area contributed by atoms with E-state index in [2.05, 4.69) is 6.92 Å². The third kappa shape index (κ3) is 3.25. The maximum Gasteiger partial charge on any atom is 0.335 e. The van der Waals surface area contributed by atoms with Gasteiger partial charge < -0.3 is 39.4 Å². The maximum atomic E-state index is 11.4. The molecule has 2 unspecified atom stereocenters. The minimum Gasteiger partial charge on any atom is -0.479 e. The van der Waals surface area contributed by atoms with Gasteiger partial charge in [-0.1, -0.05) is 13.8 Å². The van der Waals surface area contributed by atoms with Gasteiger partial charge in [0.25, 0.3) is 0 Å². The van der Waals surface area contributed by atoms with Gasteiger partial charge in [0, 0.05) is 18.3 Å². The Kier molecular flexibility index (Phi) is 5.56. The Bertz CT molecular complexity index is 705. The van der Waals surface area contributed by atoms with Gasteiger partial charge in [-0.3, -0.25) is 0 Å². The maximum absolute atomic E-state index is 11.4. The number of ether oxygens (including phenoxy) is 4. The molecule has 0 amide bonds. The molecular formula is C20H30O11. The molecule has 5 heterocycles. The Morgan fingerprint density at radius 1 is 0.903 bits per heavy atom. The summed E-state index contributed by atoms with van der Waals surface area (Å²) in [5.74, 6) is -1.12. The van der Waals surface area contributed by atoms with Gasteiger partial charge in [0.1, 0.15) is 18.3 Å². The van der Waals surface area contributed by atoms with E-state index in [0.29, 0.717) is 12.3 Å². The van der Waals surface area contributed by atoms with Crippen LogP contribution in [0.15, 0.2) is 0 Å². The molecule has 1 saturated carbocycles. The number of hydrogen-bond donors (Lipinski definition) is 4. The zero-order chi connectivity index (χ0) is 22.1. The molecular weight excluding hydrogens is 416 g/mol. The van der Waals surface area contributed by atoms with Crippen LogP contribution < -0.4 is 0 Å². The van der Waals surface area contributed by atoms with E-state index < -0.39 is 61.1 Å². The van der Waals surface area contributed by atoms with Crippen molar-refractivity contribution in [2.75, 3.05) is 0 Å². The van der Waals surface area contributed by atoms with Crippen LogP contribution in [0.1, 0.15) is 39.5 Å². The van der Waals surface area contributed by atoms with Crippen molar-refractivity contribution in [1.82, 2.24) is 0 Å². The lowest BCUT2D eigenvalue weighted by Gasteiger charge is -2.59. The zero-order valence-electron chi connectivity index (χ0n) is 17.4. The summed E-state index contributed by atoms with van der Waals surface area (Å²) in [6.45, 7) is 4.13. The van der Waals surface area contributed by atoms with Crippen molar-refractivity contribution in [2.24, 2.45) is 23.7 Å². The van der Waals surface area contributed by atoms with Crippen LogP contribution in [0.5, 0.6) is 0 Å². The standard InChI is InChI=1S/C20H30O11/c1-7-3-4-10-8(2)17(28-18-14(23)12(21)13(22)15(27-18)16(24)25)29-19-20(10)9(7)5-6-11(26-19)30-31-20/h7-15,17-19,21-23H,3-6H2,1-2H3,(H,24,25)/t7-,8-,9+,10+,11-,12+,13?,14?,15+,17+,18+,19+,20-/m1/s1. The van der Waals surface area contributed by atoms with Crippen molar-refractivity contribution < 1.29 is 53.9 Å². The molecule has 0 aromatic carbocycles. The third-order valence-electron chi connectivity index (χ3n) is 7.84. The summed E-state index contributed by atoms with van der Waals surface area (Å²) in [6.07, 6.45) is -7.20. The van der Waals surface area contributed by atoms with Crippen molar-refractivity contribution in [3.8, 4) is 0 Å². The van der Waals surface area contributed by atoms with Crippen LogP contribution in [-0.4, -0.2) is 81.6 Å². The molecule has 1 aliphatic carbocycles. The lowest BCUT2D eigenvalue weighted by Crippen LogP contribution is -2.70. The summed E-state index contributed by atoms with van der Waals surface area (Å²) in [5, 5.41) is 39.6. The van der Waals surface area contributed by atoms with Gasteiger partial charge in [-0.05, 0) is 31.1 Å². The van der Waals surface area contributed by atoms with Crippen LogP contribution in [0.2, 0.25) is 0 Å². The van der Waals surface area contributed by atoms with Crippen molar-refractivity contribution in [2.45, 2.75) is 94.7 Å². The Labute approximate surface area is 179 Å². The van der Waals surface area contributed by atoms with Crippen LogP contribution in [0.25, 0.3) is 0 Å². The summed E-state index contributed by atoms with van der Waals surface area (Å²) >= 11 is 0. The molecule has 13 atom stereocenters. The second-order valence-electron chi connectivity index (χ2n) is 9.51. The number of hydrogen-bond acceptors (Lipinski definition) is 10. The molecule has 1 spiro atoms. The predicted octanol–water partition coefficient (Wildman–Crippen LogP) is -0.287. The zero-order valence-corrected chi connectivity index (χ0v) is 17.4. The fourth-order valence-corrected chi connectivity index (χ4v) is 6.15. The summed E-state index contributed by atoms with van der Waals surface area (Å²) in [7, 11) is 0.